The quantitative estimate of drug-likeness (QED) is 0.673. The molecule has 0 unspecified atom stereocenters. The Kier molecular flexibility index (Phi) is 5.00. The first kappa shape index (κ1) is 16.7. The highest BCUT2D eigenvalue weighted by Crippen LogP contribution is 2.23. The van der Waals surface area contributed by atoms with Gasteiger partial charge in [-0.2, -0.15) is 0 Å². The number of aryl methyl sites for hydroxylation is 1. The second-order valence-electron chi connectivity index (χ2n) is 6.49. The molecule has 1 heterocycles. The Balaban J connectivity index is 2.10. The Morgan fingerprint density at radius 1 is 1.04 bits per heavy atom. The maximum Gasteiger partial charge on any atom is 0.194 e. The topological polar surface area (TPSA) is 36.1 Å². The summed E-state index contributed by atoms with van der Waals surface area (Å²) in [4.78, 5) is 18.9. The van der Waals surface area contributed by atoms with E-state index in [-0.39, 0.29) is 5.43 Å². The van der Waals surface area contributed by atoms with E-state index < -0.39 is 0 Å². The van der Waals surface area contributed by atoms with Crippen LogP contribution in [0.4, 0.5) is 0 Å². The molecule has 3 heteroatoms. The van der Waals surface area contributed by atoms with Crippen molar-refractivity contribution < 1.29 is 0 Å². The number of rotatable bonds is 6. The van der Waals surface area contributed by atoms with Crippen molar-refractivity contribution in [3.63, 3.8) is 0 Å². The lowest BCUT2D eigenvalue weighted by Gasteiger charge is -2.21. The average Bonchev–Trinajstić information content (AvgIpc) is 2.61. The first-order valence-corrected chi connectivity index (χ1v) is 8.91. The minimum Gasteiger partial charge on any atom is -0.358 e. The molecule has 0 aliphatic carbocycles. The SMILES string of the molecule is CCCCN(CC)Cc1c(C)[nH]c2c(ccc3ccccc32)c1=O. The van der Waals surface area contributed by atoms with Crippen molar-refractivity contribution in [1.82, 2.24) is 9.88 Å². The molecule has 126 valence electrons. The van der Waals surface area contributed by atoms with Gasteiger partial charge in [0.1, 0.15) is 0 Å². The summed E-state index contributed by atoms with van der Waals surface area (Å²) in [5, 5.41) is 3.06. The Morgan fingerprint density at radius 2 is 1.83 bits per heavy atom. The molecule has 0 amide bonds. The van der Waals surface area contributed by atoms with Crippen LogP contribution in [-0.2, 0) is 6.54 Å². The molecule has 1 aromatic heterocycles. The van der Waals surface area contributed by atoms with Crippen LogP contribution in [0.2, 0.25) is 0 Å². The molecule has 0 saturated carbocycles. The third kappa shape index (κ3) is 3.09. The average molecular weight is 322 g/mol. The lowest BCUT2D eigenvalue weighted by atomic mass is 10.0. The van der Waals surface area contributed by atoms with Crippen molar-refractivity contribution in [2.75, 3.05) is 13.1 Å². The molecule has 2 aromatic carbocycles. The highest BCUT2D eigenvalue weighted by Gasteiger charge is 2.14. The molecule has 0 aliphatic rings. The third-order valence-electron chi connectivity index (χ3n) is 4.87. The van der Waals surface area contributed by atoms with Crippen molar-refractivity contribution >= 4 is 21.7 Å². The highest BCUT2D eigenvalue weighted by atomic mass is 16.1. The molecule has 3 aromatic rings. The van der Waals surface area contributed by atoms with E-state index in [2.05, 4.69) is 35.9 Å². The summed E-state index contributed by atoms with van der Waals surface area (Å²) in [6.45, 7) is 9.11. The molecule has 1 N–H and O–H groups in total. The number of H-pyrrole nitrogens is 1. The fraction of sp³-hybridized carbons (Fsp3) is 0.381. The lowest BCUT2D eigenvalue weighted by Crippen LogP contribution is -2.28. The number of hydrogen-bond acceptors (Lipinski definition) is 2. The summed E-state index contributed by atoms with van der Waals surface area (Å²) in [6.07, 6.45) is 2.35. The summed E-state index contributed by atoms with van der Waals surface area (Å²) >= 11 is 0. The van der Waals surface area contributed by atoms with Gasteiger partial charge in [-0.05, 0) is 37.9 Å². The number of nitrogens with zero attached hydrogens (tertiary/aromatic N) is 1. The van der Waals surface area contributed by atoms with Crippen LogP contribution in [0.3, 0.4) is 0 Å². The molecule has 0 atom stereocenters. The molecule has 0 radical (unpaired) electrons. The predicted octanol–water partition coefficient (Wildman–Crippen LogP) is 4.61. The van der Waals surface area contributed by atoms with Gasteiger partial charge >= 0.3 is 0 Å². The second kappa shape index (κ2) is 7.18. The molecule has 0 bridgehead atoms. The van der Waals surface area contributed by atoms with Gasteiger partial charge in [0.15, 0.2) is 5.43 Å². The highest BCUT2D eigenvalue weighted by molar-refractivity contribution is 6.05. The van der Waals surface area contributed by atoms with Gasteiger partial charge in [0.05, 0.1) is 5.52 Å². The van der Waals surface area contributed by atoms with E-state index in [9.17, 15) is 4.79 Å². The van der Waals surface area contributed by atoms with E-state index in [1.165, 1.54) is 12.8 Å². The third-order valence-corrected chi connectivity index (χ3v) is 4.87. The maximum absolute atomic E-state index is 13.1. The van der Waals surface area contributed by atoms with E-state index in [0.717, 1.165) is 52.6 Å². The summed E-state index contributed by atoms with van der Waals surface area (Å²) in [7, 11) is 0. The zero-order chi connectivity index (χ0) is 17.1. The van der Waals surface area contributed by atoms with E-state index >= 15 is 0 Å². The zero-order valence-corrected chi connectivity index (χ0v) is 14.9. The molecular weight excluding hydrogens is 296 g/mol. The number of aromatic amines is 1. The summed E-state index contributed by atoms with van der Waals surface area (Å²) in [6, 6.07) is 12.2. The van der Waals surface area contributed by atoms with Gasteiger partial charge in [0.2, 0.25) is 0 Å². The van der Waals surface area contributed by atoms with Gasteiger partial charge in [-0.3, -0.25) is 9.69 Å². The molecule has 3 rings (SSSR count). The van der Waals surface area contributed by atoms with Crippen molar-refractivity contribution in [2.45, 2.75) is 40.2 Å². The van der Waals surface area contributed by atoms with Gasteiger partial charge in [-0.1, -0.05) is 50.6 Å². The van der Waals surface area contributed by atoms with Crippen LogP contribution in [0.5, 0.6) is 0 Å². The van der Waals surface area contributed by atoms with Gasteiger partial charge in [-0.15, -0.1) is 0 Å². The van der Waals surface area contributed by atoms with Crippen LogP contribution in [0.1, 0.15) is 37.9 Å². The first-order valence-electron chi connectivity index (χ1n) is 8.91. The summed E-state index contributed by atoms with van der Waals surface area (Å²) < 4.78 is 0. The van der Waals surface area contributed by atoms with Gasteiger partial charge in [0, 0.05) is 28.6 Å². The van der Waals surface area contributed by atoms with Crippen molar-refractivity contribution in [3.05, 3.63) is 57.9 Å². The normalized spacial score (nSPS) is 11.7. The van der Waals surface area contributed by atoms with Crippen molar-refractivity contribution in [1.29, 1.82) is 0 Å². The van der Waals surface area contributed by atoms with Crippen LogP contribution in [-0.4, -0.2) is 23.0 Å². The number of unbranched alkanes of at least 4 members (excludes halogenated alkanes) is 1. The van der Waals surface area contributed by atoms with E-state index in [4.69, 9.17) is 0 Å². The maximum atomic E-state index is 13.1. The second-order valence-corrected chi connectivity index (χ2v) is 6.49. The smallest absolute Gasteiger partial charge is 0.194 e. The molecule has 0 fully saturated rings. The number of aromatic nitrogens is 1. The van der Waals surface area contributed by atoms with Crippen LogP contribution in [0.15, 0.2) is 41.2 Å². The summed E-state index contributed by atoms with van der Waals surface area (Å²) in [5.74, 6) is 0. The Labute approximate surface area is 143 Å². The predicted molar refractivity (Wildman–Crippen MR) is 103 cm³/mol. The van der Waals surface area contributed by atoms with Crippen LogP contribution in [0.25, 0.3) is 21.7 Å². The van der Waals surface area contributed by atoms with Crippen molar-refractivity contribution in [3.8, 4) is 0 Å². The fourth-order valence-electron chi connectivity index (χ4n) is 3.34. The number of benzene rings is 2. The summed E-state index contributed by atoms with van der Waals surface area (Å²) in [5.41, 5.74) is 3.01. The van der Waals surface area contributed by atoms with Crippen molar-refractivity contribution in [2.24, 2.45) is 0 Å². The molecular formula is C21H26N2O. The zero-order valence-electron chi connectivity index (χ0n) is 14.9. The Hall–Kier alpha value is -2.13. The minimum absolute atomic E-state index is 0.168. The van der Waals surface area contributed by atoms with Crippen LogP contribution >= 0.6 is 0 Å². The van der Waals surface area contributed by atoms with Crippen LogP contribution in [0, 0.1) is 6.92 Å². The molecule has 0 saturated heterocycles. The molecule has 3 nitrogen and oxygen atoms in total. The van der Waals surface area contributed by atoms with E-state index in [1.54, 1.807) is 0 Å². The Morgan fingerprint density at radius 3 is 2.58 bits per heavy atom. The molecule has 0 spiro atoms. The van der Waals surface area contributed by atoms with E-state index in [1.807, 2.05) is 31.2 Å². The van der Waals surface area contributed by atoms with Crippen LogP contribution < -0.4 is 5.43 Å². The molecule has 0 aliphatic heterocycles. The Bertz CT molecular complexity index is 911. The van der Waals surface area contributed by atoms with E-state index in [0.29, 0.717) is 0 Å². The number of hydrogen-bond donors (Lipinski definition) is 1. The first-order chi connectivity index (χ1) is 11.7. The molecule has 24 heavy (non-hydrogen) atoms. The largest absolute Gasteiger partial charge is 0.358 e. The standard InChI is InChI=1S/C21H26N2O/c1-4-6-13-23(5-2)14-19-15(3)22-20-17-10-8-7-9-16(17)11-12-18(20)21(19)24/h7-12H,4-6,13-14H2,1-3H3,(H,22,24). The van der Waals surface area contributed by atoms with Gasteiger partial charge in [0.25, 0.3) is 0 Å². The lowest BCUT2D eigenvalue weighted by molar-refractivity contribution is 0.274. The number of fused-ring (bicyclic) bond motifs is 3. The minimum atomic E-state index is 0.168. The number of pyridine rings is 1. The fourth-order valence-corrected chi connectivity index (χ4v) is 3.34. The monoisotopic (exact) mass is 322 g/mol. The van der Waals surface area contributed by atoms with Gasteiger partial charge in [-0.25, -0.2) is 0 Å². The van der Waals surface area contributed by atoms with Gasteiger partial charge < -0.3 is 4.98 Å². The number of nitrogens with one attached hydrogen (secondary N) is 1.